The lowest BCUT2D eigenvalue weighted by atomic mass is 9.84. The van der Waals surface area contributed by atoms with Crippen LogP contribution >= 0.6 is 0 Å². The van der Waals surface area contributed by atoms with Gasteiger partial charge in [0.2, 0.25) is 5.91 Å². The highest BCUT2D eigenvalue weighted by atomic mass is 19.4. The number of hydrogen-bond donors (Lipinski definition) is 1. The van der Waals surface area contributed by atoms with Crippen LogP contribution in [0.15, 0.2) is 18.2 Å². The van der Waals surface area contributed by atoms with E-state index in [0.717, 1.165) is 31.9 Å². The van der Waals surface area contributed by atoms with Crippen LogP contribution in [0.1, 0.15) is 44.1 Å². The van der Waals surface area contributed by atoms with Crippen LogP contribution in [0.4, 0.5) is 36.4 Å². The lowest BCUT2D eigenvalue weighted by Crippen LogP contribution is -2.47. The standard InChI is InChI=1S/C22H28F7N3O/c23-20-17(22(27,28)29)2-1-3-18(20)32-12-10-31(11-13-32)9-8-15-4-6-16(7-5-15)30-19(33)14-21(24,25)26/h1-3,15-16H,4-14H2,(H,30,33). The van der Waals surface area contributed by atoms with E-state index in [4.69, 9.17) is 0 Å². The number of anilines is 1. The topological polar surface area (TPSA) is 35.6 Å². The smallest absolute Gasteiger partial charge is 0.367 e. The fourth-order valence-corrected chi connectivity index (χ4v) is 4.62. The second kappa shape index (κ2) is 10.5. The molecule has 0 aromatic heterocycles. The van der Waals surface area contributed by atoms with Crippen molar-refractivity contribution < 1.29 is 35.5 Å². The second-order valence-electron chi connectivity index (χ2n) is 8.83. The molecule has 1 heterocycles. The summed E-state index contributed by atoms with van der Waals surface area (Å²) < 4.78 is 90.1. The Balaban J connectivity index is 1.39. The van der Waals surface area contributed by atoms with Crippen molar-refractivity contribution >= 4 is 11.6 Å². The zero-order valence-electron chi connectivity index (χ0n) is 18.1. The van der Waals surface area contributed by atoms with E-state index in [0.29, 0.717) is 44.9 Å². The molecule has 2 aliphatic rings. The number of benzene rings is 1. The van der Waals surface area contributed by atoms with E-state index in [-0.39, 0.29) is 11.7 Å². The fourth-order valence-electron chi connectivity index (χ4n) is 4.62. The van der Waals surface area contributed by atoms with Crippen LogP contribution in [-0.2, 0) is 11.0 Å². The van der Waals surface area contributed by atoms with Crippen molar-refractivity contribution in [3.05, 3.63) is 29.6 Å². The van der Waals surface area contributed by atoms with Crippen molar-refractivity contribution in [2.24, 2.45) is 5.92 Å². The number of nitrogens with one attached hydrogen (secondary N) is 1. The zero-order valence-corrected chi connectivity index (χ0v) is 18.1. The second-order valence-corrected chi connectivity index (χ2v) is 8.83. The van der Waals surface area contributed by atoms with E-state index < -0.39 is 36.1 Å². The van der Waals surface area contributed by atoms with Gasteiger partial charge in [-0.2, -0.15) is 26.3 Å². The minimum atomic E-state index is -4.73. The van der Waals surface area contributed by atoms with E-state index in [2.05, 4.69) is 10.2 Å². The summed E-state index contributed by atoms with van der Waals surface area (Å²) in [6.45, 7) is 2.87. The van der Waals surface area contributed by atoms with Crippen LogP contribution in [0.5, 0.6) is 0 Å². The molecule has 1 aliphatic heterocycles. The maximum absolute atomic E-state index is 14.4. The Hall–Kier alpha value is -2.04. The van der Waals surface area contributed by atoms with Crippen molar-refractivity contribution in [3.63, 3.8) is 0 Å². The van der Waals surface area contributed by atoms with Crippen LogP contribution in [0, 0.1) is 11.7 Å². The summed E-state index contributed by atoms with van der Waals surface area (Å²) >= 11 is 0. The van der Waals surface area contributed by atoms with Crippen LogP contribution in [0.3, 0.4) is 0 Å². The maximum Gasteiger partial charge on any atom is 0.419 e. The largest absolute Gasteiger partial charge is 0.419 e. The van der Waals surface area contributed by atoms with Crippen molar-refractivity contribution in [1.29, 1.82) is 0 Å². The minimum Gasteiger partial charge on any atom is -0.367 e. The maximum atomic E-state index is 14.4. The summed E-state index contributed by atoms with van der Waals surface area (Å²) in [5, 5.41) is 2.46. The highest BCUT2D eigenvalue weighted by Gasteiger charge is 2.36. The lowest BCUT2D eigenvalue weighted by Gasteiger charge is -2.37. The van der Waals surface area contributed by atoms with E-state index in [1.165, 1.54) is 12.1 Å². The molecule has 1 amide bonds. The van der Waals surface area contributed by atoms with Gasteiger partial charge in [-0.3, -0.25) is 9.69 Å². The van der Waals surface area contributed by atoms with Gasteiger partial charge in [0.05, 0.1) is 11.3 Å². The van der Waals surface area contributed by atoms with Crippen molar-refractivity contribution in [1.82, 2.24) is 10.2 Å². The molecule has 1 aliphatic carbocycles. The number of halogens is 7. The molecule has 11 heteroatoms. The number of carbonyl (C=O) groups is 1. The first kappa shape index (κ1) is 25.6. The predicted molar refractivity (Wildman–Crippen MR) is 109 cm³/mol. The molecule has 1 saturated heterocycles. The Bertz CT molecular complexity index is 796. The third-order valence-electron chi connectivity index (χ3n) is 6.42. The number of rotatable bonds is 6. The van der Waals surface area contributed by atoms with Crippen LogP contribution in [0.2, 0.25) is 0 Å². The first-order valence-corrected chi connectivity index (χ1v) is 11.1. The summed E-state index contributed by atoms with van der Waals surface area (Å²) in [7, 11) is 0. The molecule has 186 valence electrons. The number of piperazine rings is 1. The van der Waals surface area contributed by atoms with Gasteiger partial charge in [0.1, 0.15) is 6.42 Å². The van der Waals surface area contributed by atoms with Gasteiger partial charge in [-0.1, -0.05) is 6.07 Å². The summed E-state index contributed by atoms with van der Waals surface area (Å²) in [4.78, 5) is 15.3. The lowest BCUT2D eigenvalue weighted by molar-refractivity contribution is -0.154. The van der Waals surface area contributed by atoms with Crippen LogP contribution in [-0.4, -0.2) is 55.7 Å². The van der Waals surface area contributed by atoms with Crippen molar-refractivity contribution in [2.75, 3.05) is 37.6 Å². The third kappa shape index (κ3) is 7.48. The first-order valence-electron chi connectivity index (χ1n) is 11.1. The summed E-state index contributed by atoms with van der Waals surface area (Å²) in [5.41, 5.74) is -1.29. The van der Waals surface area contributed by atoms with Gasteiger partial charge in [0.25, 0.3) is 0 Å². The summed E-state index contributed by atoms with van der Waals surface area (Å²) in [6, 6.07) is 3.11. The zero-order chi connectivity index (χ0) is 24.2. The molecule has 33 heavy (non-hydrogen) atoms. The normalized spacial score (nSPS) is 22.9. The molecule has 1 saturated carbocycles. The first-order chi connectivity index (χ1) is 15.4. The molecule has 0 atom stereocenters. The highest BCUT2D eigenvalue weighted by Crippen LogP contribution is 2.35. The molecule has 0 spiro atoms. The van der Waals surface area contributed by atoms with Crippen molar-refractivity contribution in [3.8, 4) is 0 Å². The van der Waals surface area contributed by atoms with Crippen LogP contribution < -0.4 is 10.2 Å². The van der Waals surface area contributed by atoms with Gasteiger partial charge in [-0.15, -0.1) is 0 Å². The molecule has 0 unspecified atom stereocenters. The predicted octanol–water partition coefficient (Wildman–Crippen LogP) is 4.98. The average molecular weight is 483 g/mol. The van der Waals surface area contributed by atoms with E-state index >= 15 is 0 Å². The third-order valence-corrected chi connectivity index (χ3v) is 6.42. The van der Waals surface area contributed by atoms with Gasteiger partial charge in [-0.05, 0) is 56.7 Å². The summed E-state index contributed by atoms with van der Waals surface area (Å²) in [5.74, 6) is -1.81. The van der Waals surface area contributed by atoms with Gasteiger partial charge < -0.3 is 10.2 Å². The molecular weight excluding hydrogens is 455 g/mol. The number of nitrogens with zero attached hydrogens (tertiary/aromatic N) is 2. The molecule has 0 radical (unpaired) electrons. The van der Waals surface area contributed by atoms with E-state index in [1.54, 1.807) is 4.90 Å². The summed E-state index contributed by atoms with van der Waals surface area (Å²) in [6.07, 6.45) is -6.84. The Labute approximate surface area is 188 Å². The van der Waals surface area contributed by atoms with Gasteiger partial charge in [0.15, 0.2) is 5.82 Å². The van der Waals surface area contributed by atoms with Crippen molar-refractivity contribution in [2.45, 2.75) is 56.9 Å². The van der Waals surface area contributed by atoms with Gasteiger partial charge in [-0.25, -0.2) is 4.39 Å². The molecule has 1 aromatic rings. The Morgan fingerprint density at radius 3 is 2.18 bits per heavy atom. The van der Waals surface area contributed by atoms with E-state index in [9.17, 15) is 35.5 Å². The molecule has 4 nitrogen and oxygen atoms in total. The van der Waals surface area contributed by atoms with E-state index in [1.807, 2.05) is 0 Å². The van der Waals surface area contributed by atoms with Crippen LogP contribution in [0.25, 0.3) is 0 Å². The number of amides is 1. The quantitative estimate of drug-likeness (QED) is 0.580. The molecule has 2 fully saturated rings. The average Bonchev–Trinajstić information content (AvgIpc) is 2.72. The minimum absolute atomic E-state index is 0.0321. The Morgan fingerprint density at radius 2 is 1.61 bits per heavy atom. The molecule has 1 N–H and O–H groups in total. The van der Waals surface area contributed by atoms with Gasteiger partial charge >= 0.3 is 12.4 Å². The molecule has 1 aromatic carbocycles. The molecular formula is C22H28F7N3O. The SMILES string of the molecule is O=C(CC(F)(F)F)NC1CCC(CCN2CCN(c3cccc(C(F)(F)F)c3F)CC2)CC1. The number of alkyl halides is 6. The Kier molecular flexibility index (Phi) is 8.13. The highest BCUT2D eigenvalue weighted by molar-refractivity contribution is 5.76. The molecule has 0 bridgehead atoms. The Morgan fingerprint density at radius 1 is 0.970 bits per heavy atom. The van der Waals surface area contributed by atoms with Gasteiger partial charge in [0, 0.05) is 32.2 Å². The fraction of sp³-hybridized carbons (Fsp3) is 0.682. The monoisotopic (exact) mass is 483 g/mol. The number of carbonyl (C=O) groups excluding carboxylic acids is 1. The molecule has 3 rings (SSSR count). The number of hydrogen-bond acceptors (Lipinski definition) is 3.